The van der Waals surface area contributed by atoms with Crippen molar-refractivity contribution in [3.63, 3.8) is 0 Å². The predicted molar refractivity (Wildman–Crippen MR) is 84.1 cm³/mol. The van der Waals surface area contributed by atoms with Gasteiger partial charge in [-0.25, -0.2) is 0 Å². The van der Waals surface area contributed by atoms with Gasteiger partial charge in [0.15, 0.2) is 0 Å². The van der Waals surface area contributed by atoms with Gasteiger partial charge in [-0.1, -0.05) is 37.0 Å². The van der Waals surface area contributed by atoms with Gasteiger partial charge >= 0.3 is 0 Å². The van der Waals surface area contributed by atoms with Gasteiger partial charge in [-0.15, -0.1) is 0 Å². The first-order valence-electron chi connectivity index (χ1n) is 6.45. The summed E-state index contributed by atoms with van der Waals surface area (Å²) in [5, 5.41) is 16.7. The van der Waals surface area contributed by atoms with E-state index in [1.807, 2.05) is 13.8 Å². The Kier molecular flexibility index (Phi) is 6.71. The van der Waals surface area contributed by atoms with E-state index in [-0.39, 0.29) is 28.1 Å². The summed E-state index contributed by atoms with van der Waals surface area (Å²) in [4.78, 5) is 21.6. The third kappa shape index (κ3) is 5.77. The number of nitrogens with zero attached hydrogens (tertiary/aromatic N) is 1. The topological polar surface area (TPSA) is 84.3 Å². The zero-order valence-electron chi connectivity index (χ0n) is 11.8. The van der Waals surface area contributed by atoms with Gasteiger partial charge < -0.3 is 10.6 Å². The normalized spacial score (nSPS) is 10.5. The van der Waals surface area contributed by atoms with Crippen molar-refractivity contribution in [2.45, 2.75) is 20.3 Å². The Bertz CT molecular complexity index is 512. The molecule has 21 heavy (non-hydrogen) atoms. The first-order valence-corrected chi connectivity index (χ1v) is 7.21. The van der Waals surface area contributed by atoms with E-state index in [0.717, 1.165) is 0 Å². The van der Waals surface area contributed by atoms with Crippen LogP contribution in [-0.2, 0) is 4.79 Å². The lowest BCUT2D eigenvalue weighted by Gasteiger charge is -2.11. The van der Waals surface area contributed by atoms with Crippen molar-refractivity contribution in [1.82, 2.24) is 5.32 Å². The number of non-ortho nitro benzene ring substituents is 1. The van der Waals surface area contributed by atoms with Crippen LogP contribution in [0.5, 0.6) is 0 Å². The van der Waals surface area contributed by atoms with Crippen LogP contribution in [0.25, 0.3) is 0 Å². The molecule has 0 heterocycles. The fourth-order valence-electron chi connectivity index (χ4n) is 1.54. The van der Waals surface area contributed by atoms with Crippen LogP contribution >= 0.6 is 23.2 Å². The summed E-state index contributed by atoms with van der Waals surface area (Å²) in [5.74, 6) is 0.311. The number of carbonyl (C=O) groups is 1. The number of anilines is 1. The van der Waals surface area contributed by atoms with Crippen LogP contribution in [-0.4, -0.2) is 23.9 Å². The smallest absolute Gasteiger partial charge is 0.272 e. The number of hydrogen-bond donors (Lipinski definition) is 2. The molecule has 0 aliphatic carbocycles. The van der Waals surface area contributed by atoms with Gasteiger partial charge in [0.1, 0.15) is 0 Å². The number of halogens is 2. The van der Waals surface area contributed by atoms with Gasteiger partial charge in [0.25, 0.3) is 5.69 Å². The van der Waals surface area contributed by atoms with E-state index in [2.05, 4.69) is 10.6 Å². The summed E-state index contributed by atoms with van der Waals surface area (Å²) >= 11 is 11.9. The first-order chi connectivity index (χ1) is 9.81. The number of nitrogens with one attached hydrogen (secondary N) is 2. The van der Waals surface area contributed by atoms with Crippen LogP contribution in [0.15, 0.2) is 12.1 Å². The molecule has 0 radical (unpaired) electrons. The van der Waals surface area contributed by atoms with E-state index in [4.69, 9.17) is 23.2 Å². The molecule has 0 unspecified atom stereocenters. The number of rotatable bonds is 7. The molecular formula is C13H17Cl2N3O3. The van der Waals surface area contributed by atoms with E-state index in [9.17, 15) is 14.9 Å². The Morgan fingerprint density at radius 1 is 1.33 bits per heavy atom. The highest BCUT2D eigenvalue weighted by Gasteiger charge is 2.14. The summed E-state index contributed by atoms with van der Waals surface area (Å²) in [5.41, 5.74) is 0.214. The summed E-state index contributed by atoms with van der Waals surface area (Å²) in [7, 11) is 0. The first kappa shape index (κ1) is 17.5. The highest BCUT2D eigenvalue weighted by atomic mass is 35.5. The second kappa shape index (κ2) is 8.05. The van der Waals surface area contributed by atoms with Gasteiger partial charge in [0.05, 0.1) is 20.7 Å². The number of nitro benzene ring substituents is 1. The molecule has 0 bridgehead atoms. The summed E-state index contributed by atoms with van der Waals surface area (Å²) < 4.78 is 0. The van der Waals surface area contributed by atoms with Crippen LogP contribution in [0, 0.1) is 16.0 Å². The minimum absolute atomic E-state index is 0.0784. The zero-order valence-corrected chi connectivity index (χ0v) is 13.3. The molecule has 0 aromatic heterocycles. The van der Waals surface area contributed by atoms with Gasteiger partial charge in [0, 0.05) is 31.6 Å². The highest BCUT2D eigenvalue weighted by molar-refractivity contribution is 6.39. The molecule has 0 spiro atoms. The second-order valence-electron chi connectivity index (χ2n) is 4.92. The van der Waals surface area contributed by atoms with Crippen LogP contribution in [0.4, 0.5) is 11.4 Å². The number of nitro groups is 1. The number of amides is 1. The monoisotopic (exact) mass is 333 g/mol. The Morgan fingerprint density at radius 3 is 2.38 bits per heavy atom. The van der Waals surface area contributed by atoms with Crippen molar-refractivity contribution >= 4 is 40.5 Å². The second-order valence-corrected chi connectivity index (χ2v) is 5.73. The number of carbonyl (C=O) groups excluding carboxylic acids is 1. The van der Waals surface area contributed by atoms with Gasteiger partial charge in [-0.3, -0.25) is 14.9 Å². The average molecular weight is 334 g/mol. The van der Waals surface area contributed by atoms with Crippen molar-refractivity contribution in [3.8, 4) is 0 Å². The van der Waals surface area contributed by atoms with Crippen molar-refractivity contribution in [1.29, 1.82) is 0 Å². The SMILES string of the molecule is CC(C)CNC(=O)CCNc1c(Cl)cc([N+](=O)[O-])cc1Cl. The highest BCUT2D eigenvalue weighted by Crippen LogP contribution is 2.34. The van der Waals surface area contributed by atoms with E-state index in [0.29, 0.717) is 24.7 Å². The minimum Gasteiger partial charge on any atom is -0.382 e. The van der Waals surface area contributed by atoms with E-state index >= 15 is 0 Å². The maximum absolute atomic E-state index is 11.5. The Morgan fingerprint density at radius 2 is 1.90 bits per heavy atom. The average Bonchev–Trinajstić information content (AvgIpc) is 2.39. The van der Waals surface area contributed by atoms with E-state index in [1.54, 1.807) is 0 Å². The molecule has 116 valence electrons. The summed E-state index contributed by atoms with van der Waals surface area (Å²) in [6.07, 6.45) is 0.260. The van der Waals surface area contributed by atoms with E-state index in [1.165, 1.54) is 12.1 Å². The molecule has 0 atom stereocenters. The molecule has 0 aliphatic heterocycles. The quantitative estimate of drug-likeness (QED) is 0.591. The molecule has 0 saturated heterocycles. The van der Waals surface area contributed by atoms with Gasteiger partial charge in [-0.05, 0) is 5.92 Å². The third-order valence-corrected chi connectivity index (χ3v) is 3.20. The standard InChI is InChI=1S/C13H17Cl2N3O3/c1-8(2)7-17-12(19)3-4-16-13-10(14)5-9(18(20)21)6-11(13)15/h5-6,8,16H,3-4,7H2,1-2H3,(H,17,19). The van der Waals surface area contributed by atoms with Crippen molar-refractivity contribution < 1.29 is 9.72 Å². The van der Waals surface area contributed by atoms with Crippen molar-refractivity contribution in [3.05, 3.63) is 32.3 Å². The minimum atomic E-state index is -0.569. The lowest BCUT2D eigenvalue weighted by atomic mass is 10.2. The number of hydrogen-bond acceptors (Lipinski definition) is 4. The molecule has 1 aromatic rings. The molecule has 6 nitrogen and oxygen atoms in total. The fraction of sp³-hybridized carbons (Fsp3) is 0.462. The predicted octanol–water partition coefficient (Wildman–Crippen LogP) is 3.48. The van der Waals surface area contributed by atoms with E-state index < -0.39 is 4.92 Å². The van der Waals surface area contributed by atoms with Crippen molar-refractivity contribution in [2.24, 2.45) is 5.92 Å². The Balaban J connectivity index is 2.56. The number of benzene rings is 1. The molecule has 2 N–H and O–H groups in total. The van der Waals surface area contributed by atoms with Crippen molar-refractivity contribution in [2.75, 3.05) is 18.4 Å². The molecule has 1 amide bonds. The fourth-order valence-corrected chi connectivity index (χ4v) is 2.15. The Labute approximate surface area is 133 Å². The third-order valence-electron chi connectivity index (χ3n) is 2.60. The van der Waals surface area contributed by atoms with Crippen LogP contribution in [0.2, 0.25) is 10.0 Å². The lowest BCUT2D eigenvalue weighted by Crippen LogP contribution is -2.28. The van der Waals surface area contributed by atoms with Gasteiger partial charge in [0.2, 0.25) is 5.91 Å². The maximum atomic E-state index is 11.5. The summed E-state index contributed by atoms with van der Waals surface area (Å²) in [6.45, 7) is 4.98. The largest absolute Gasteiger partial charge is 0.382 e. The lowest BCUT2D eigenvalue weighted by molar-refractivity contribution is -0.384. The Hall–Kier alpha value is -1.53. The molecule has 0 saturated carbocycles. The zero-order chi connectivity index (χ0) is 16.0. The summed E-state index contributed by atoms with van der Waals surface area (Å²) in [6, 6.07) is 2.43. The van der Waals surface area contributed by atoms with Crippen LogP contribution < -0.4 is 10.6 Å². The molecule has 0 aliphatic rings. The van der Waals surface area contributed by atoms with Crippen LogP contribution in [0.1, 0.15) is 20.3 Å². The molecule has 0 fully saturated rings. The molecule has 1 aromatic carbocycles. The maximum Gasteiger partial charge on any atom is 0.272 e. The molecular weight excluding hydrogens is 317 g/mol. The molecule has 8 heteroatoms. The molecule has 1 rings (SSSR count). The van der Waals surface area contributed by atoms with Crippen LogP contribution in [0.3, 0.4) is 0 Å². The van der Waals surface area contributed by atoms with Gasteiger partial charge in [-0.2, -0.15) is 0 Å².